The van der Waals surface area contributed by atoms with Gasteiger partial charge in [-0.25, -0.2) is 0 Å². The van der Waals surface area contributed by atoms with Crippen LogP contribution in [0.3, 0.4) is 0 Å². The van der Waals surface area contributed by atoms with Gasteiger partial charge >= 0.3 is 5.97 Å². The van der Waals surface area contributed by atoms with Crippen molar-refractivity contribution in [2.45, 2.75) is 19.5 Å². The summed E-state index contributed by atoms with van der Waals surface area (Å²) in [5.41, 5.74) is 0.541. The lowest BCUT2D eigenvalue weighted by Gasteiger charge is -2.22. The number of aromatic hydroxyl groups is 1. The monoisotopic (exact) mass is 243 g/mol. The standard InChI is InChI=1S/C11H14ClNO3/c1-7(11(15)16)13(2)6-8-9(12)4-3-5-10(8)14/h3-5,7,14H,6H2,1-2H3,(H,15,16). The Morgan fingerprint density at radius 2 is 2.19 bits per heavy atom. The molecule has 0 saturated carbocycles. The molecule has 16 heavy (non-hydrogen) atoms. The molecule has 0 bridgehead atoms. The van der Waals surface area contributed by atoms with Gasteiger partial charge < -0.3 is 10.2 Å². The third kappa shape index (κ3) is 2.87. The van der Waals surface area contributed by atoms with Crippen molar-refractivity contribution in [2.75, 3.05) is 7.05 Å². The van der Waals surface area contributed by atoms with E-state index < -0.39 is 12.0 Å². The van der Waals surface area contributed by atoms with Crippen molar-refractivity contribution < 1.29 is 15.0 Å². The van der Waals surface area contributed by atoms with E-state index in [-0.39, 0.29) is 5.75 Å². The van der Waals surface area contributed by atoms with Crippen molar-refractivity contribution >= 4 is 17.6 Å². The van der Waals surface area contributed by atoms with Crippen LogP contribution in [0.2, 0.25) is 5.02 Å². The lowest BCUT2D eigenvalue weighted by atomic mass is 10.1. The summed E-state index contributed by atoms with van der Waals surface area (Å²) in [5.74, 6) is -0.828. The highest BCUT2D eigenvalue weighted by Crippen LogP contribution is 2.26. The maximum absolute atomic E-state index is 10.8. The molecular formula is C11H14ClNO3. The van der Waals surface area contributed by atoms with Gasteiger partial charge in [0, 0.05) is 17.1 Å². The average molecular weight is 244 g/mol. The molecule has 0 aliphatic rings. The van der Waals surface area contributed by atoms with E-state index in [0.29, 0.717) is 17.1 Å². The van der Waals surface area contributed by atoms with Crippen molar-refractivity contribution in [3.63, 3.8) is 0 Å². The molecular weight excluding hydrogens is 230 g/mol. The molecule has 0 aliphatic heterocycles. The summed E-state index contributed by atoms with van der Waals surface area (Å²) >= 11 is 5.92. The lowest BCUT2D eigenvalue weighted by molar-refractivity contribution is -0.142. The predicted molar refractivity (Wildman–Crippen MR) is 61.7 cm³/mol. The zero-order valence-corrected chi connectivity index (χ0v) is 9.90. The van der Waals surface area contributed by atoms with Crippen LogP contribution in [0.25, 0.3) is 0 Å². The third-order valence-corrected chi connectivity index (χ3v) is 2.87. The van der Waals surface area contributed by atoms with Crippen LogP contribution in [0, 0.1) is 0 Å². The summed E-state index contributed by atoms with van der Waals surface area (Å²) in [6.45, 7) is 1.87. The van der Waals surface area contributed by atoms with Crippen LogP contribution in [0.15, 0.2) is 18.2 Å². The Balaban J connectivity index is 2.84. The molecule has 0 aromatic heterocycles. The molecule has 5 heteroatoms. The fourth-order valence-corrected chi connectivity index (χ4v) is 1.51. The highest BCUT2D eigenvalue weighted by atomic mass is 35.5. The smallest absolute Gasteiger partial charge is 0.320 e. The second-order valence-electron chi connectivity index (χ2n) is 3.67. The second kappa shape index (κ2) is 5.18. The van der Waals surface area contributed by atoms with E-state index in [1.54, 1.807) is 31.0 Å². The number of benzene rings is 1. The Morgan fingerprint density at radius 3 is 2.69 bits per heavy atom. The molecule has 88 valence electrons. The number of carboxylic acids is 1. The number of rotatable bonds is 4. The molecule has 1 unspecified atom stereocenters. The summed E-state index contributed by atoms with van der Waals surface area (Å²) in [6.07, 6.45) is 0. The number of likely N-dealkylation sites (N-methyl/N-ethyl adjacent to an activating group) is 1. The van der Waals surface area contributed by atoms with E-state index in [1.807, 2.05) is 0 Å². The molecule has 0 heterocycles. The van der Waals surface area contributed by atoms with Crippen molar-refractivity contribution in [1.29, 1.82) is 0 Å². The van der Waals surface area contributed by atoms with Crippen LogP contribution in [-0.4, -0.2) is 34.2 Å². The zero-order chi connectivity index (χ0) is 12.3. The minimum absolute atomic E-state index is 0.0805. The van der Waals surface area contributed by atoms with E-state index in [4.69, 9.17) is 16.7 Å². The first-order chi connectivity index (χ1) is 7.43. The molecule has 1 aromatic rings. The number of nitrogens with zero attached hydrogens (tertiary/aromatic N) is 1. The number of aliphatic carboxylic acids is 1. The quantitative estimate of drug-likeness (QED) is 0.849. The molecule has 0 spiro atoms. The fourth-order valence-electron chi connectivity index (χ4n) is 1.28. The van der Waals surface area contributed by atoms with Gasteiger partial charge in [0.15, 0.2) is 0 Å². The van der Waals surface area contributed by atoms with Crippen molar-refractivity contribution in [3.8, 4) is 5.75 Å². The van der Waals surface area contributed by atoms with Gasteiger partial charge in [0.2, 0.25) is 0 Å². The van der Waals surface area contributed by atoms with Crippen molar-refractivity contribution in [2.24, 2.45) is 0 Å². The topological polar surface area (TPSA) is 60.8 Å². The van der Waals surface area contributed by atoms with Crippen LogP contribution >= 0.6 is 11.6 Å². The van der Waals surface area contributed by atoms with Gasteiger partial charge in [-0.1, -0.05) is 17.7 Å². The van der Waals surface area contributed by atoms with Gasteiger partial charge in [0.1, 0.15) is 11.8 Å². The fraction of sp³-hybridized carbons (Fsp3) is 0.364. The summed E-state index contributed by atoms with van der Waals surface area (Å²) in [4.78, 5) is 12.4. The summed E-state index contributed by atoms with van der Waals surface area (Å²) in [5, 5.41) is 18.9. The normalized spacial score (nSPS) is 12.8. The number of phenols is 1. The van der Waals surface area contributed by atoms with Gasteiger partial charge in [0.05, 0.1) is 0 Å². The number of phenolic OH excluding ortho intramolecular Hbond substituents is 1. The molecule has 0 saturated heterocycles. The maximum Gasteiger partial charge on any atom is 0.320 e. The van der Waals surface area contributed by atoms with Crippen LogP contribution in [0.1, 0.15) is 12.5 Å². The number of hydrogen-bond acceptors (Lipinski definition) is 3. The van der Waals surface area contributed by atoms with E-state index >= 15 is 0 Å². The summed E-state index contributed by atoms with van der Waals surface area (Å²) in [7, 11) is 1.67. The SMILES string of the molecule is CC(C(=O)O)N(C)Cc1c(O)cccc1Cl. The average Bonchev–Trinajstić information content (AvgIpc) is 2.22. The molecule has 1 atom stereocenters. The largest absolute Gasteiger partial charge is 0.508 e. The first-order valence-corrected chi connectivity index (χ1v) is 5.20. The van der Waals surface area contributed by atoms with Crippen LogP contribution in [0.5, 0.6) is 5.75 Å². The van der Waals surface area contributed by atoms with E-state index in [9.17, 15) is 9.90 Å². The second-order valence-corrected chi connectivity index (χ2v) is 4.07. The highest BCUT2D eigenvalue weighted by molar-refractivity contribution is 6.31. The lowest BCUT2D eigenvalue weighted by Crippen LogP contribution is -2.35. The summed E-state index contributed by atoms with van der Waals surface area (Å²) in [6, 6.07) is 4.20. The number of hydrogen-bond donors (Lipinski definition) is 2. The predicted octanol–water partition coefficient (Wildman–Crippen LogP) is 1.95. The molecule has 0 fully saturated rings. The Hall–Kier alpha value is -1.26. The van der Waals surface area contributed by atoms with E-state index in [0.717, 1.165) is 0 Å². The van der Waals surface area contributed by atoms with Gasteiger partial charge in [-0.05, 0) is 26.1 Å². The Labute approximate surface area is 99.1 Å². The van der Waals surface area contributed by atoms with Gasteiger partial charge in [-0.2, -0.15) is 0 Å². The minimum Gasteiger partial charge on any atom is -0.508 e. The highest BCUT2D eigenvalue weighted by Gasteiger charge is 2.18. The Kier molecular flexibility index (Phi) is 4.15. The minimum atomic E-state index is -0.908. The van der Waals surface area contributed by atoms with E-state index in [2.05, 4.69) is 0 Å². The first kappa shape index (κ1) is 12.8. The third-order valence-electron chi connectivity index (χ3n) is 2.52. The van der Waals surface area contributed by atoms with Crippen molar-refractivity contribution in [3.05, 3.63) is 28.8 Å². The number of carboxylic acid groups (broad SMARTS) is 1. The molecule has 2 N–H and O–H groups in total. The first-order valence-electron chi connectivity index (χ1n) is 4.83. The molecule has 1 aromatic carbocycles. The van der Waals surface area contributed by atoms with E-state index in [1.165, 1.54) is 6.07 Å². The molecule has 0 radical (unpaired) electrons. The molecule has 0 amide bonds. The number of halogens is 1. The van der Waals surface area contributed by atoms with Gasteiger partial charge in [0.25, 0.3) is 0 Å². The number of carbonyl (C=O) groups is 1. The van der Waals surface area contributed by atoms with Crippen molar-refractivity contribution in [1.82, 2.24) is 4.90 Å². The Morgan fingerprint density at radius 1 is 1.56 bits per heavy atom. The summed E-state index contributed by atoms with van der Waals surface area (Å²) < 4.78 is 0. The van der Waals surface area contributed by atoms with Gasteiger partial charge in [-0.15, -0.1) is 0 Å². The van der Waals surface area contributed by atoms with Crippen LogP contribution in [0.4, 0.5) is 0 Å². The molecule has 4 nitrogen and oxygen atoms in total. The maximum atomic E-state index is 10.8. The van der Waals surface area contributed by atoms with Gasteiger partial charge in [-0.3, -0.25) is 9.69 Å². The zero-order valence-electron chi connectivity index (χ0n) is 9.14. The van der Waals surface area contributed by atoms with Crippen LogP contribution in [-0.2, 0) is 11.3 Å². The Bertz CT molecular complexity index is 375. The molecule has 1 rings (SSSR count). The molecule has 0 aliphatic carbocycles. The van der Waals surface area contributed by atoms with Crippen LogP contribution < -0.4 is 0 Å².